The Labute approximate surface area is 184 Å². The van der Waals surface area contributed by atoms with E-state index in [1.54, 1.807) is 19.9 Å². The van der Waals surface area contributed by atoms with Crippen molar-refractivity contribution in [2.24, 2.45) is 0 Å². The van der Waals surface area contributed by atoms with Crippen LogP contribution in [0.25, 0.3) is 0 Å². The highest BCUT2D eigenvalue weighted by Gasteiger charge is 2.27. The zero-order valence-electron chi connectivity index (χ0n) is 18.0. The van der Waals surface area contributed by atoms with Crippen molar-refractivity contribution in [3.8, 4) is 0 Å². The number of hydrogen-bond acceptors (Lipinski definition) is 5. The number of aryl methyl sites for hydroxylation is 1. The summed E-state index contributed by atoms with van der Waals surface area (Å²) in [6.07, 6.45) is 1.71. The van der Waals surface area contributed by atoms with Gasteiger partial charge in [0.2, 0.25) is 20.0 Å². The molecule has 0 saturated carbocycles. The van der Waals surface area contributed by atoms with Crippen LogP contribution in [0.15, 0.2) is 46.2 Å². The molecule has 1 N–H and O–H groups in total. The van der Waals surface area contributed by atoms with Gasteiger partial charge in [-0.25, -0.2) is 21.1 Å². The number of nitrogens with one attached hydrogen (secondary N) is 1. The summed E-state index contributed by atoms with van der Waals surface area (Å²) in [5, 5.41) is 2.71. The van der Waals surface area contributed by atoms with Gasteiger partial charge in [0, 0.05) is 38.4 Å². The second kappa shape index (κ2) is 8.70. The van der Waals surface area contributed by atoms with Crippen LogP contribution in [-0.2, 0) is 20.0 Å². The number of carbonyl (C=O) groups is 1. The summed E-state index contributed by atoms with van der Waals surface area (Å²) in [6.45, 7) is 4.49. The quantitative estimate of drug-likeness (QED) is 0.706. The first-order valence-corrected chi connectivity index (χ1v) is 12.8. The van der Waals surface area contributed by atoms with E-state index >= 15 is 0 Å². The molecule has 0 radical (unpaired) electrons. The zero-order chi connectivity index (χ0) is 23.0. The molecule has 1 aliphatic heterocycles. The Hall–Kier alpha value is -2.27. The van der Waals surface area contributed by atoms with Crippen LogP contribution < -0.4 is 5.32 Å². The molecule has 2 aromatic rings. The van der Waals surface area contributed by atoms with E-state index in [1.165, 1.54) is 48.7 Å². The topological polar surface area (TPSA) is 104 Å². The molecule has 1 heterocycles. The summed E-state index contributed by atoms with van der Waals surface area (Å²) < 4.78 is 53.0. The van der Waals surface area contributed by atoms with E-state index in [9.17, 15) is 21.6 Å². The number of benzene rings is 2. The van der Waals surface area contributed by atoms with Gasteiger partial charge in [0.1, 0.15) is 0 Å². The molecule has 168 valence electrons. The van der Waals surface area contributed by atoms with Crippen LogP contribution in [-0.4, -0.2) is 58.5 Å². The smallest absolute Gasteiger partial charge is 0.255 e. The van der Waals surface area contributed by atoms with Crippen LogP contribution >= 0.6 is 0 Å². The van der Waals surface area contributed by atoms with Crippen LogP contribution in [0.5, 0.6) is 0 Å². The average molecular weight is 466 g/mol. The molecule has 8 nitrogen and oxygen atoms in total. The average Bonchev–Trinajstić information content (AvgIpc) is 3.25. The maximum absolute atomic E-state index is 12.8. The largest absolute Gasteiger partial charge is 0.322 e. The molecule has 1 saturated heterocycles. The molecule has 31 heavy (non-hydrogen) atoms. The number of hydrogen-bond donors (Lipinski definition) is 1. The Morgan fingerprint density at radius 1 is 0.968 bits per heavy atom. The molecule has 1 aliphatic rings. The fourth-order valence-electron chi connectivity index (χ4n) is 3.41. The number of nitrogens with zero attached hydrogens (tertiary/aromatic N) is 2. The molecule has 0 aliphatic carbocycles. The van der Waals surface area contributed by atoms with E-state index in [-0.39, 0.29) is 15.4 Å². The van der Waals surface area contributed by atoms with E-state index in [4.69, 9.17) is 0 Å². The minimum Gasteiger partial charge on any atom is -0.322 e. The summed E-state index contributed by atoms with van der Waals surface area (Å²) in [7, 11) is -4.36. The lowest BCUT2D eigenvalue weighted by atomic mass is 10.1. The first-order valence-electron chi connectivity index (χ1n) is 9.90. The van der Waals surface area contributed by atoms with Crippen molar-refractivity contribution in [3.05, 3.63) is 53.1 Å². The third-order valence-electron chi connectivity index (χ3n) is 5.46. The molecular weight excluding hydrogens is 438 g/mol. The normalized spacial score (nSPS) is 15.4. The van der Waals surface area contributed by atoms with E-state index in [2.05, 4.69) is 5.32 Å². The molecule has 1 amide bonds. The summed E-state index contributed by atoms with van der Waals surface area (Å²) in [5.41, 5.74) is 1.89. The van der Waals surface area contributed by atoms with Crippen LogP contribution in [0.3, 0.4) is 0 Å². The molecule has 0 aromatic heterocycles. The lowest BCUT2D eigenvalue weighted by Crippen LogP contribution is -2.27. The van der Waals surface area contributed by atoms with Gasteiger partial charge in [-0.1, -0.05) is 0 Å². The van der Waals surface area contributed by atoms with Gasteiger partial charge in [0.05, 0.1) is 9.79 Å². The Balaban J connectivity index is 1.84. The highest BCUT2D eigenvalue weighted by Crippen LogP contribution is 2.25. The van der Waals surface area contributed by atoms with E-state index < -0.39 is 26.0 Å². The van der Waals surface area contributed by atoms with E-state index in [1.807, 2.05) is 0 Å². The van der Waals surface area contributed by atoms with Gasteiger partial charge in [0.15, 0.2) is 0 Å². The van der Waals surface area contributed by atoms with Crippen molar-refractivity contribution in [1.29, 1.82) is 0 Å². The van der Waals surface area contributed by atoms with Gasteiger partial charge in [0.25, 0.3) is 5.91 Å². The molecular formula is C21H27N3O5S2. The summed E-state index contributed by atoms with van der Waals surface area (Å²) in [4.78, 5) is 13.0. The van der Waals surface area contributed by atoms with Gasteiger partial charge in [-0.2, -0.15) is 4.31 Å². The first kappa shape index (κ1) is 23.4. The number of carbonyl (C=O) groups excluding carboxylic acids is 1. The monoisotopic (exact) mass is 465 g/mol. The number of rotatable bonds is 6. The minimum atomic E-state index is -3.71. The SMILES string of the molecule is Cc1cc(C(=O)Nc2ccc(S(=O)(=O)N3CCCC3)cc2)cc(S(=O)(=O)N(C)C)c1C. The van der Waals surface area contributed by atoms with E-state index in [0.29, 0.717) is 29.9 Å². The first-order chi connectivity index (χ1) is 14.4. The second-order valence-corrected chi connectivity index (χ2v) is 11.9. The van der Waals surface area contributed by atoms with Crippen LogP contribution in [0.4, 0.5) is 5.69 Å². The molecule has 2 aromatic carbocycles. The van der Waals surface area contributed by atoms with Crippen molar-refractivity contribution in [3.63, 3.8) is 0 Å². The summed E-state index contributed by atoms with van der Waals surface area (Å²) in [6, 6.07) is 8.97. The van der Waals surface area contributed by atoms with E-state index in [0.717, 1.165) is 17.1 Å². The Morgan fingerprint density at radius 2 is 1.55 bits per heavy atom. The minimum absolute atomic E-state index is 0.0784. The van der Waals surface area contributed by atoms with Crippen molar-refractivity contribution < 1.29 is 21.6 Å². The maximum atomic E-state index is 12.8. The van der Waals surface area contributed by atoms with Gasteiger partial charge in [-0.15, -0.1) is 0 Å². The lowest BCUT2D eigenvalue weighted by Gasteiger charge is -2.17. The maximum Gasteiger partial charge on any atom is 0.255 e. The Kier molecular flexibility index (Phi) is 6.56. The van der Waals surface area contributed by atoms with Crippen molar-refractivity contribution >= 4 is 31.6 Å². The van der Waals surface area contributed by atoms with Gasteiger partial charge >= 0.3 is 0 Å². The fraction of sp³-hybridized carbons (Fsp3) is 0.381. The Bertz CT molecular complexity index is 1200. The van der Waals surface area contributed by atoms with Crippen molar-refractivity contribution in [1.82, 2.24) is 8.61 Å². The molecule has 0 bridgehead atoms. The predicted octanol–water partition coefficient (Wildman–Crippen LogP) is 2.59. The standard InChI is InChI=1S/C21H27N3O5S2/c1-15-13-17(14-20(16(15)2)31(28,29)23(3)4)21(25)22-18-7-9-19(10-8-18)30(26,27)24-11-5-6-12-24/h7-10,13-14H,5-6,11-12H2,1-4H3,(H,22,25). The Morgan fingerprint density at radius 3 is 2.10 bits per heavy atom. The molecule has 0 unspecified atom stereocenters. The second-order valence-electron chi connectivity index (χ2n) is 7.79. The highest BCUT2D eigenvalue weighted by atomic mass is 32.2. The molecule has 3 rings (SSSR count). The fourth-order valence-corrected chi connectivity index (χ4v) is 6.15. The van der Waals surface area contributed by atoms with Crippen molar-refractivity contribution in [2.75, 3.05) is 32.5 Å². The number of anilines is 1. The molecule has 1 fully saturated rings. The molecule has 10 heteroatoms. The summed E-state index contributed by atoms with van der Waals surface area (Å²) in [5.74, 6) is -0.478. The third-order valence-corrected chi connectivity index (χ3v) is 9.31. The van der Waals surface area contributed by atoms with Crippen molar-refractivity contribution in [2.45, 2.75) is 36.5 Å². The third kappa shape index (κ3) is 4.67. The van der Waals surface area contributed by atoms with Crippen LogP contribution in [0.2, 0.25) is 0 Å². The molecule has 0 spiro atoms. The van der Waals surface area contributed by atoms with Crippen LogP contribution in [0.1, 0.15) is 34.3 Å². The van der Waals surface area contributed by atoms with Gasteiger partial charge in [-0.05, 0) is 74.2 Å². The molecule has 0 atom stereocenters. The number of amides is 1. The lowest BCUT2D eigenvalue weighted by molar-refractivity contribution is 0.102. The highest BCUT2D eigenvalue weighted by molar-refractivity contribution is 7.89. The predicted molar refractivity (Wildman–Crippen MR) is 119 cm³/mol. The summed E-state index contributed by atoms with van der Waals surface area (Å²) >= 11 is 0. The van der Waals surface area contributed by atoms with Gasteiger partial charge in [-0.3, -0.25) is 4.79 Å². The zero-order valence-corrected chi connectivity index (χ0v) is 19.7. The number of sulfonamides is 2. The van der Waals surface area contributed by atoms with Gasteiger partial charge < -0.3 is 5.32 Å². The van der Waals surface area contributed by atoms with Crippen LogP contribution in [0, 0.1) is 13.8 Å².